The third-order valence-electron chi connectivity index (χ3n) is 9.23. The van der Waals surface area contributed by atoms with Crippen molar-refractivity contribution in [1.82, 2.24) is 0 Å². The van der Waals surface area contributed by atoms with E-state index in [0.717, 1.165) is 31.6 Å². The molecule has 26 heavy (non-hydrogen) atoms. The summed E-state index contributed by atoms with van der Waals surface area (Å²) in [6.07, 6.45) is 9.99. The molecule has 1 unspecified atom stereocenters. The van der Waals surface area contributed by atoms with Crippen LogP contribution in [-0.4, -0.2) is 17.4 Å². The molecule has 3 heteroatoms. The molecule has 0 saturated heterocycles. The lowest BCUT2D eigenvalue weighted by Gasteiger charge is -2.55. The first-order valence-corrected chi connectivity index (χ1v) is 10.8. The maximum absolute atomic E-state index is 12.2. The van der Waals surface area contributed by atoms with Crippen molar-refractivity contribution in [2.45, 2.75) is 66.2 Å². The van der Waals surface area contributed by atoms with Gasteiger partial charge in [-0.3, -0.25) is 9.59 Å². The molecule has 0 N–H and O–H groups in total. The quantitative estimate of drug-likeness (QED) is 0.363. The molecule has 2 nitrogen and oxygen atoms in total. The van der Waals surface area contributed by atoms with Crippen LogP contribution in [0.25, 0.3) is 0 Å². The summed E-state index contributed by atoms with van der Waals surface area (Å²) in [6.45, 7) is 9.57. The van der Waals surface area contributed by atoms with Crippen molar-refractivity contribution in [3.8, 4) is 0 Å². The van der Waals surface area contributed by atoms with Crippen LogP contribution in [0, 0.1) is 34.0 Å². The zero-order chi connectivity index (χ0) is 18.9. The van der Waals surface area contributed by atoms with E-state index in [4.69, 9.17) is 11.6 Å². The van der Waals surface area contributed by atoms with Gasteiger partial charge in [-0.15, -0.1) is 11.6 Å². The molecule has 6 atom stereocenters. The lowest BCUT2D eigenvalue weighted by molar-refractivity contribution is -0.135. The number of carbonyl (C=O) groups excluding carboxylic acids is 2. The predicted octanol–water partition coefficient (Wildman–Crippen LogP) is 5.50. The summed E-state index contributed by atoms with van der Waals surface area (Å²) in [4.78, 5) is 24.2. The standard InChI is InChI=1S/C23H31ClO2/c1-14-11-18-16-6-5-15-12-19(25)20(26)13-21(15,2)17(16)7-8-23(18,4)22(14,3)9-10-24/h7,12,14,16,18H,5-6,8-11,13H2,1-4H3/t14?,16-,18+,21+,22+,23+/m1/s1. The smallest absolute Gasteiger partial charge is 0.221 e. The Morgan fingerprint density at radius 1 is 1.23 bits per heavy atom. The van der Waals surface area contributed by atoms with Gasteiger partial charge in [-0.05, 0) is 66.8 Å². The maximum atomic E-state index is 12.2. The Morgan fingerprint density at radius 3 is 2.65 bits per heavy atom. The Hall–Kier alpha value is -0.890. The number of carbonyl (C=O) groups is 2. The summed E-state index contributed by atoms with van der Waals surface area (Å²) in [6, 6.07) is 0. The summed E-state index contributed by atoms with van der Waals surface area (Å²) in [5, 5.41) is 0. The van der Waals surface area contributed by atoms with E-state index in [0.29, 0.717) is 24.2 Å². The highest BCUT2D eigenvalue weighted by Crippen LogP contribution is 2.70. The second-order valence-corrected chi connectivity index (χ2v) is 10.4. The molecule has 0 spiro atoms. The number of fused-ring (bicyclic) bond motifs is 5. The monoisotopic (exact) mass is 374 g/mol. The lowest BCUT2D eigenvalue weighted by atomic mass is 9.49. The van der Waals surface area contributed by atoms with Gasteiger partial charge in [-0.2, -0.15) is 0 Å². The summed E-state index contributed by atoms with van der Waals surface area (Å²) < 4.78 is 0. The summed E-state index contributed by atoms with van der Waals surface area (Å²) in [5.74, 6) is 2.11. The molecule has 4 aliphatic rings. The Kier molecular flexibility index (Phi) is 4.12. The van der Waals surface area contributed by atoms with E-state index in [2.05, 4.69) is 33.8 Å². The number of allylic oxidation sites excluding steroid dienone is 4. The van der Waals surface area contributed by atoms with Crippen molar-refractivity contribution in [3.63, 3.8) is 0 Å². The Labute approximate surface area is 162 Å². The molecule has 0 aromatic heterocycles. The molecular weight excluding hydrogens is 344 g/mol. The number of rotatable bonds is 2. The third kappa shape index (κ3) is 2.17. The van der Waals surface area contributed by atoms with Crippen molar-refractivity contribution < 1.29 is 9.59 Å². The normalized spacial score (nSPS) is 47.7. The SMILES string of the molecule is CC1C[C@H]2[C@@H]3CCC4=CC(=O)C(=O)C[C@]4(C)C3=CC[C@]2(C)[C@@]1(C)CCCl. The molecule has 0 aromatic rings. The molecule has 0 aromatic carbocycles. The van der Waals surface area contributed by atoms with Crippen molar-refractivity contribution in [1.29, 1.82) is 0 Å². The minimum Gasteiger partial charge on any atom is -0.290 e. The van der Waals surface area contributed by atoms with E-state index in [-0.39, 0.29) is 27.8 Å². The highest BCUT2D eigenvalue weighted by atomic mass is 35.5. The molecular formula is C23H31ClO2. The van der Waals surface area contributed by atoms with Crippen molar-refractivity contribution in [3.05, 3.63) is 23.3 Å². The molecule has 2 fully saturated rings. The van der Waals surface area contributed by atoms with Gasteiger partial charge in [0.25, 0.3) is 0 Å². The topological polar surface area (TPSA) is 34.1 Å². The minimum absolute atomic E-state index is 0.210. The van der Waals surface area contributed by atoms with Gasteiger partial charge in [0.15, 0.2) is 0 Å². The van der Waals surface area contributed by atoms with Crippen LogP contribution in [0.5, 0.6) is 0 Å². The van der Waals surface area contributed by atoms with Gasteiger partial charge in [-0.1, -0.05) is 44.9 Å². The fraction of sp³-hybridized carbons (Fsp3) is 0.739. The van der Waals surface area contributed by atoms with Crippen LogP contribution in [-0.2, 0) is 9.59 Å². The van der Waals surface area contributed by atoms with E-state index >= 15 is 0 Å². The van der Waals surface area contributed by atoms with Gasteiger partial charge in [0.2, 0.25) is 11.6 Å². The van der Waals surface area contributed by atoms with Crippen LogP contribution >= 0.6 is 11.6 Å². The van der Waals surface area contributed by atoms with Crippen molar-refractivity contribution in [2.75, 3.05) is 5.88 Å². The zero-order valence-corrected chi connectivity index (χ0v) is 17.3. The highest BCUT2D eigenvalue weighted by Gasteiger charge is 2.62. The largest absolute Gasteiger partial charge is 0.290 e. The molecule has 0 radical (unpaired) electrons. The second kappa shape index (κ2) is 5.80. The number of hydrogen-bond acceptors (Lipinski definition) is 2. The fourth-order valence-corrected chi connectivity index (χ4v) is 7.55. The summed E-state index contributed by atoms with van der Waals surface area (Å²) >= 11 is 6.22. The predicted molar refractivity (Wildman–Crippen MR) is 105 cm³/mol. The number of hydrogen-bond donors (Lipinski definition) is 0. The molecule has 2 saturated carbocycles. The van der Waals surface area contributed by atoms with Crippen LogP contribution in [0.3, 0.4) is 0 Å². The van der Waals surface area contributed by atoms with Crippen molar-refractivity contribution >= 4 is 23.2 Å². The fourth-order valence-electron chi connectivity index (χ4n) is 7.16. The van der Waals surface area contributed by atoms with Gasteiger partial charge in [-0.25, -0.2) is 0 Å². The van der Waals surface area contributed by atoms with Crippen LogP contribution < -0.4 is 0 Å². The average Bonchev–Trinajstić information content (AvgIpc) is 2.77. The molecule has 142 valence electrons. The van der Waals surface area contributed by atoms with E-state index in [9.17, 15) is 9.59 Å². The third-order valence-corrected chi connectivity index (χ3v) is 9.42. The van der Waals surface area contributed by atoms with E-state index < -0.39 is 0 Å². The lowest BCUT2D eigenvalue weighted by Crippen LogP contribution is -2.48. The van der Waals surface area contributed by atoms with E-state index in [1.165, 1.54) is 17.6 Å². The van der Waals surface area contributed by atoms with Gasteiger partial charge in [0, 0.05) is 17.7 Å². The molecule has 0 bridgehead atoms. The van der Waals surface area contributed by atoms with Gasteiger partial charge in [0.1, 0.15) is 0 Å². The zero-order valence-electron chi connectivity index (χ0n) is 16.5. The number of halogens is 1. The molecule has 0 amide bonds. The summed E-state index contributed by atoms with van der Waals surface area (Å²) in [5.41, 5.74) is 2.99. The Morgan fingerprint density at radius 2 is 1.96 bits per heavy atom. The maximum Gasteiger partial charge on any atom is 0.221 e. The Balaban J connectivity index is 1.77. The minimum atomic E-state index is -0.290. The highest BCUT2D eigenvalue weighted by molar-refractivity contribution is 6.42. The number of Topliss-reactive ketones (excluding diaryl/α,β-unsaturated/α-hetero) is 1. The molecule has 0 aliphatic heterocycles. The van der Waals surface area contributed by atoms with Crippen LogP contribution in [0.1, 0.15) is 66.2 Å². The van der Waals surface area contributed by atoms with Crippen LogP contribution in [0.4, 0.5) is 0 Å². The van der Waals surface area contributed by atoms with Gasteiger partial charge >= 0.3 is 0 Å². The first-order valence-electron chi connectivity index (χ1n) is 10.2. The Bertz CT molecular complexity index is 734. The molecule has 0 heterocycles. The van der Waals surface area contributed by atoms with Gasteiger partial charge < -0.3 is 0 Å². The second-order valence-electron chi connectivity index (χ2n) is 9.99. The van der Waals surface area contributed by atoms with Crippen molar-refractivity contribution in [2.24, 2.45) is 34.0 Å². The number of ketones is 2. The first-order chi connectivity index (χ1) is 12.2. The van der Waals surface area contributed by atoms with Gasteiger partial charge in [0.05, 0.1) is 0 Å². The van der Waals surface area contributed by atoms with Crippen LogP contribution in [0.15, 0.2) is 23.3 Å². The van der Waals surface area contributed by atoms with Crippen LogP contribution in [0.2, 0.25) is 0 Å². The molecule has 4 aliphatic carbocycles. The average molecular weight is 375 g/mol. The summed E-state index contributed by atoms with van der Waals surface area (Å²) in [7, 11) is 0. The van der Waals surface area contributed by atoms with E-state index in [1.54, 1.807) is 6.08 Å². The number of alkyl halides is 1. The molecule has 4 rings (SSSR count). The van der Waals surface area contributed by atoms with E-state index in [1.807, 2.05) is 0 Å². The first kappa shape index (κ1) is 18.5.